The maximum atomic E-state index is 5.70. The second kappa shape index (κ2) is 7.14. The van der Waals surface area contributed by atoms with Crippen LogP contribution in [0.3, 0.4) is 0 Å². The Bertz CT molecular complexity index is 140. The smallest absolute Gasteiger partial charge is 0.0755 e. The monoisotopic (exact) mass is 182 g/mol. The predicted molar refractivity (Wildman–Crippen MR) is 56.9 cm³/mol. The van der Waals surface area contributed by atoms with Crippen molar-refractivity contribution in [2.75, 3.05) is 6.61 Å². The van der Waals surface area contributed by atoms with Gasteiger partial charge in [0, 0.05) is 6.61 Å². The summed E-state index contributed by atoms with van der Waals surface area (Å²) < 4.78 is 5.70. The van der Waals surface area contributed by atoms with Crippen LogP contribution < -0.4 is 0 Å². The number of hydrogen-bond acceptors (Lipinski definition) is 1. The fourth-order valence-corrected chi connectivity index (χ4v) is 1.69. The van der Waals surface area contributed by atoms with Crippen LogP contribution in [0.2, 0.25) is 0 Å². The molecule has 0 saturated heterocycles. The lowest BCUT2D eigenvalue weighted by molar-refractivity contribution is 0.0805. The standard InChI is InChI=1S/C12H22O/c1-2-3-4-6-9-12-10-7-5-8-11-13-12/h7,10,12H,2-6,8-9,11H2,1H3. The summed E-state index contributed by atoms with van der Waals surface area (Å²) in [7, 11) is 0. The molecular weight excluding hydrogens is 160 g/mol. The molecule has 1 aliphatic rings. The van der Waals surface area contributed by atoms with Gasteiger partial charge in [0.1, 0.15) is 0 Å². The van der Waals surface area contributed by atoms with Gasteiger partial charge in [-0.2, -0.15) is 0 Å². The second-order valence-electron chi connectivity index (χ2n) is 3.83. The van der Waals surface area contributed by atoms with Crippen LogP contribution >= 0.6 is 0 Å². The summed E-state index contributed by atoms with van der Waals surface area (Å²) in [6.07, 6.45) is 13.9. The van der Waals surface area contributed by atoms with Crippen LogP contribution in [0, 0.1) is 0 Å². The minimum Gasteiger partial charge on any atom is -0.374 e. The normalized spacial score (nSPS) is 23.0. The first-order chi connectivity index (χ1) is 6.43. The second-order valence-corrected chi connectivity index (χ2v) is 3.83. The Morgan fingerprint density at radius 1 is 1.31 bits per heavy atom. The van der Waals surface area contributed by atoms with Gasteiger partial charge in [0.25, 0.3) is 0 Å². The van der Waals surface area contributed by atoms with Gasteiger partial charge < -0.3 is 4.74 Å². The fourth-order valence-electron chi connectivity index (χ4n) is 1.69. The molecule has 1 atom stereocenters. The summed E-state index contributed by atoms with van der Waals surface area (Å²) in [5.41, 5.74) is 0. The van der Waals surface area contributed by atoms with E-state index in [1.807, 2.05) is 0 Å². The molecule has 0 saturated carbocycles. The minimum absolute atomic E-state index is 0.416. The molecule has 0 bridgehead atoms. The highest BCUT2D eigenvalue weighted by molar-refractivity contribution is 4.91. The van der Waals surface area contributed by atoms with Crippen molar-refractivity contribution in [3.05, 3.63) is 12.2 Å². The van der Waals surface area contributed by atoms with Gasteiger partial charge in [-0.05, 0) is 19.3 Å². The van der Waals surface area contributed by atoms with Crippen LogP contribution in [-0.2, 0) is 4.74 Å². The SMILES string of the molecule is CCCCCCC1C=CCCCO1. The Balaban J connectivity index is 2.05. The third-order valence-corrected chi connectivity index (χ3v) is 2.54. The molecule has 0 aliphatic carbocycles. The molecule has 1 heterocycles. The average Bonchev–Trinajstić information content (AvgIpc) is 2.41. The van der Waals surface area contributed by atoms with Gasteiger partial charge in [-0.25, -0.2) is 0 Å². The van der Waals surface area contributed by atoms with Crippen LogP contribution in [0.4, 0.5) is 0 Å². The van der Waals surface area contributed by atoms with E-state index in [1.165, 1.54) is 44.9 Å². The lowest BCUT2D eigenvalue weighted by Gasteiger charge is -2.11. The zero-order valence-electron chi connectivity index (χ0n) is 8.80. The van der Waals surface area contributed by atoms with Crippen LogP contribution in [0.1, 0.15) is 51.9 Å². The number of unbranched alkanes of at least 4 members (excludes halogenated alkanes) is 3. The fraction of sp³-hybridized carbons (Fsp3) is 0.833. The Hall–Kier alpha value is -0.300. The average molecular weight is 182 g/mol. The van der Waals surface area contributed by atoms with Crippen molar-refractivity contribution in [1.29, 1.82) is 0 Å². The molecule has 0 fully saturated rings. The molecule has 1 rings (SSSR count). The summed E-state index contributed by atoms with van der Waals surface area (Å²) >= 11 is 0. The molecule has 0 aromatic carbocycles. The quantitative estimate of drug-likeness (QED) is 0.465. The number of hydrogen-bond donors (Lipinski definition) is 0. The molecule has 1 unspecified atom stereocenters. The molecule has 1 heteroatoms. The highest BCUT2D eigenvalue weighted by Crippen LogP contribution is 2.13. The third-order valence-electron chi connectivity index (χ3n) is 2.54. The van der Waals surface area contributed by atoms with Crippen molar-refractivity contribution in [2.24, 2.45) is 0 Å². The van der Waals surface area contributed by atoms with E-state index in [-0.39, 0.29) is 0 Å². The highest BCUT2D eigenvalue weighted by Gasteiger charge is 2.06. The largest absolute Gasteiger partial charge is 0.374 e. The molecule has 76 valence electrons. The van der Waals surface area contributed by atoms with Gasteiger partial charge >= 0.3 is 0 Å². The summed E-state index contributed by atoms with van der Waals surface area (Å²) in [6, 6.07) is 0. The summed E-state index contributed by atoms with van der Waals surface area (Å²) in [6.45, 7) is 3.20. The lowest BCUT2D eigenvalue weighted by atomic mass is 10.1. The van der Waals surface area contributed by atoms with Crippen molar-refractivity contribution in [3.63, 3.8) is 0 Å². The van der Waals surface area contributed by atoms with Crippen LogP contribution in [0.5, 0.6) is 0 Å². The first kappa shape index (κ1) is 10.8. The zero-order valence-corrected chi connectivity index (χ0v) is 8.80. The maximum absolute atomic E-state index is 5.70. The van der Waals surface area contributed by atoms with E-state index < -0.39 is 0 Å². The Morgan fingerprint density at radius 3 is 3.08 bits per heavy atom. The predicted octanol–water partition coefficient (Wildman–Crippen LogP) is 3.69. The number of rotatable bonds is 5. The molecule has 0 amide bonds. The lowest BCUT2D eigenvalue weighted by Crippen LogP contribution is -2.08. The van der Waals surface area contributed by atoms with Gasteiger partial charge in [-0.1, -0.05) is 44.8 Å². The topological polar surface area (TPSA) is 9.23 Å². The van der Waals surface area contributed by atoms with Gasteiger partial charge in [0.2, 0.25) is 0 Å². The van der Waals surface area contributed by atoms with E-state index in [4.69, 9.17) is 4.74 Å². The van der Waals surface area contributed by atoms with Gasteiger partial charge in [0.15, 0.2) is 0 Å². The first-order valence-electron chi connectivity index (χ1n) is 5.71. The molecule has 0 spiro atoms. The Morgan fingerprint density at radius 2 is 2.23 bits per heavy atom. The van der Waals surface area contributed by atoms with E-state index in [2.05, 4.69) is 19.1 Å². The van der Waals surface area contributed by atoms with E-state index >= 15 is 0 Å². The summed E-state index contributed by atoms with van der Waals surface area (Å²) in [5, 5.41) is 0. The van der Waals surface area contributed by atoms with Crippen molar-refractivity contribution >= 4 is 0 Å². The molecule has 0 N–H and O–H groups in total. The molecule has 1 aliphatic heterocycles. The minimum atomic E-state index is 0.416. The van der Waals surface area contributed by atoms with Crippen LogP contribution in [-0.4, -0.2) is 12.7 Å². The highest BCUT2D eigenvalue weighted by atomic mass is 16.5. The maximum Gasteiger partial charge on any atom is 0.0755 e. The Kier molecular flexibility index (Phi) is 5.92. The molecule has 0 radical (unpaired) electrons. The van der Waals surface area contributed by atoms with Gasteiger partial charge in [-0.15, -0.1) is 0 Å². The molecular formula is C12H22O. The summed E-state index contributed by atoms with van der Waals surface area (Å²) in [5.74, 6) is 0. The van der Waals surface area contributed by atoms with Gasteiger partial charge in [0.05, 0.1) is 6.10 Å². The van der Waals surface area contributed by atoms with E-state index in [0.717, 1.165) is 6.61 Å². The number of ether oxygens (including phenoxy) is 1. The molecule has 13 heavy (non-hydrogen) atoms. The van der Waals surface area contributed by atoms with E-state index in [1.54, 1.807) is 0 Å². The first-order valence-corrected chi connectivity index (χ1v) is 5.71. The van der Waals surface area contributed by atoms with Crippen molar-refractivity contribution in [3.8, 4) is 0 Å². The Labute approximate surface area is 82.2 Å². The number of allylic oxidation sites excluding steroid dienone is 1. The van der Waals surface area contributed by atoms with Crippen molar-refractivity contribution < 1.29 is 4.74 Å². The van der Waals surface area contributed by atoms with E-state index in [9.17, 15) is 0 Å². The van der Waals surface area contributed by atoms with Crippen LogP contribution in [0.15, 0.2) is 12.2 Å². The van der Waals surface area contributed by atoms with Crippen molar-refractivity contribution in [2.45, 2.75) is 58.0 Å². The van der Waals surface area contributed by atoms with Crippen molar-refractivity contribution in [1.82, 2.24) is 0 Å². The molecule has 0 aromatic heterocycles. The molecule has 0 aromatic rings. The third kappa shape index (κ3) is 5.09. The van der Waals surface area contributed by atoms with E-state index in [0.29, 0.717) is 6.10 Å². The molecule has 1 nitrogen and oxygen atoms in total. The van der Waals surface area contributed by atoms with Crippen LogP contribution in [0.25, 0.3) is 0 Å². The summed E-state index contributed by atoms with van der Waals surface area (Å²) in [4.78, 5) is 0. The van der Waals surface area contributed by atoms with Gasteiger partial charge in [-0.3, -0.25) is 0 Å². The zero-order chi connectivity index (χ0) is 9.36.